The molecule has 1 atom stereocenters. The van der Waals surface area contributed by atoms with Gasteiger partial charge in [-0.15, -0.1) is 0 Å². The van der Waals surface area contributed by atoms with Crippen molar-refractivity contribution in [2.24, 2.45) is 0 Å². The first-order valence-electron chi connectivity index (χ1n) is 10.6. The number of nitrogens with zero attached hydrogens (tertiary/aromatic N) is 1. The Hall–Kier alpha value is -4.34. The second kappa shape index (κ2) is 9.73. The number of rotatable bonds is 6. The summed E-state index contributed by atoms with van der Waals surface area (Å²) in [6.07, 6.45) is -3.71. The third kappa shape index (κ3) is 4.88. The van der Waals surface area contributed by atoms with Crippen LogP contribution in [0.25, 0.3) is 22.0 Å². The molecule has 0 radical (unpaired) electrons. The molecule has 10 heteroatoms. The van der Waals surface area contributed by atoms with Gasteiger partial charge in [0.1, 0.15) is 23.2 Å². The Morgan fingerprint density at radius 1 is 0.889 bits per heavy atom. The molecule has 0 aliphatic rings. The summed E-state index contributed by atoms with van der Waals surface area (Å²) in [5, 5.41) is 12.6. The van der Waals surface area contributed by atoms with Crippen LogP contribution in [0.3, 0.4) is 0 Å². The number of carboxylic acids is 1. The van der Waals surface area contributed by atoms with E-state index in [1.807, 2.05) is 0 Å². The molecule has 0 saturated carbocycles. The lowest BCUT2D eigenvalue weighted by molar-refractivity contribution is -0.139. The van der Waals surface area contributed by atoms with E-state index in [1.54, 1.807) is 18.2 Å². The van der Waals surface area contributed by atoms with Crippen molar-refractivity contribution in [3.63, 3.8) is 0 Å². The van der Waals surface area contributed by atoms with Crippen LogP contribution in [0.4, 0.5) is 22.0 Å². The number of aromatic nitrogens is 1. The van der Waals surface area contributed by atoms with Crippen molar-refractivity contribution < 1.29 is 36.6 Å². The summed E-state index contributed by atoms with van der Waals surface area (Å²) in [4.78, 5) is 28.3. The Kier molecular flexibility index (Phi) is 6.69. The van der Waals surface area contributed by atoms with Crippen LogP contribution in [0, 0.1) is 11.6 Å². The quantitative estimate of drug-likeness (QED) is 0.337. The highest BCUT2D eigenvalue weighted by Crippen LogP contribution is 2.38. The van der Waals surface area contributed by atoms with Gasteiger partial charge in [-0.2, -0.15) is 13.2 Å². The van der Waals surface area contributed by atoms with Crippen LogP contribution in [0.2, 0.25) is 0 Å². The van der Waals surface area contributed by atoms with Crippen molar-refractivity contribution in [1.29, 1.82) is 0 Å². The number of carbonyl (C=O) groups is 2. The van der Waals surface area contributed by atoms with Gasteiger partial charge in [0.05, 0.1) is 11.3 Å². The van der Waals surface area contributed by atoms with Crippen molar-refractivity contribution >= 4 is 22.6 Å². The van der Waals surface area contributed by atoms with Gasteiger partial charge in [-0.25, -0.2) is 13.6 Å². The van der Waals surface area contributed by atoms with E-state index in [2.05, 4.69) is 10.3 Å². The number of carbonyl (C=O) groups excluding carboxylic acids is 1. The predicted octanol–water partition coefficient (Wildman–Crippen LogP) is 5.62. The van der Waals surface area contributed by atoms with E-state index < -0.39 is 46.9 Å². The van der Waals surface area contributed by atoms with Gasteiger partial charge in [0.15, 0.2) is 0 Å². The van der Waals surface area contributed by atoms with Crippen LogP contribution in [-0.2, 0) is 17.4 Å². The van der Waals surface area contributed by atoms with Crippen LogP contribution in [-0.4, -0.2) is 28.0 Å². The Morgan fingerprint density at radius 3 is 2.19 bits per heavy atom. The molecule has 36 heavy (non-hydrogen) atoms. The van der Waals surface area contributed by atoms with Crippen molar-refractivity contribution in [2.75, 3.05) is 0 Å². The van der Waals surface area contributed by atoms with Crippen LogP contribution < -0.4 is 5.32 Å². The standard InChI is InChI=1S/C26H17F5N2O3/c27-19-10-3-11-20(28)22(19)24(34)33-21(25(35)36)13-14-5-1-7-16-15(14)6-2-8-17(16)23-18(26(29,30)31)9-4-12-32-23/h1-12,21H,13H2,(H,33,34)(H,35,36)/t21-/m0/s1. The van der Waals surface area contributed by atoms with Crippen LogP contribution >= 0.6 is 0 Å². The summed E-state index contributed by atoms with van der Waals surface area (Å²) in [6.45, 7) is 0. The highest BCUT2D eigenvalue weighted by atomic mass is 19.4. The molecule has 1 aromatic heterocycles. The fraction of sp³-hybridized carbons (Fsp3) is 0.115. The number of alkyl halides is 3. The maximum atomic E-state index is 14.0. The van der Waals surface area contributed by atoms with Crippen molar-refractivity contribution in [3.05, 3.63) is 101 Å². The fourth-order valence-corrected chi connectivity index (χ4v) is 3.97. The molecule has 0 unspecified atom stereocenters. The normalized spacial score (nSPS) is 12.4. The number of nitrogens with one attached hydrogen (secondary N) is 1. The lowest BCUT2D eigenvalue weighted by atomic mass is 9.93. The first kappa shape index (κ1) is 24.8. The second-order valence-corrected chi connectivity index (χ2v) is 7.88. The van der Waals surface area contributed by atoms with Gasteiger partial charge >= 0.3 is 12.1 Å². The lowest BCUT2D eigenvalue weighted by Gasteiger charge is -2.18. The molecule has 1 amide bonds. The largest absolute Gasteiger partial charge is 0.480 e. The highest BCUT2D eigenvalue weighted by Gasteiger charge is 2.34. The number of aliphatic carboxylic acids is 1. The number of pyridine rings is 1. The maximum Gasteiger partial charge on any atom is 0.418 e. The number of hydrogen-bond acceptors (Lipinski definition) is 3. The SMILES string of the molecule is O=C(N[C@@H](Cc1cccc2c(-c3ncccc3C(F)(F)F)cccc12)C(=O)O)c1c(F)cccc1F. The molecule has 4 rings (SSSR count). The molecule has 0 spiro atoms. The monoisotopic (exact) mass is 500 g/mol. The molecule has 0 aliphatic heterocycles. The van der Waals surface area contributed by atoms with E-state index in [0.717, 1.165) is 24.3 Å². The zero-order valence-corrected chi connectivity index (χ0v) is 18.3. The Morgan fingerprint density at radius 2 is 1.53 bits per heavy atom. The topological polar surface area (TPSA) is 79.3 Å². The molecule has 0 saturated heterocycles. The van der Waals surface area contributed by atoms with E-state index in [4.69, 9.17) is 0 Å². The molecule has 4 aromatic rings. The van der Waals surface area contributed by atoms with Gasteiger partial charge in [-0.3, -0.25) is 9.78 Å². The summed E-state index contributed by atoms with van der Waals surface area (Å²) in [6, 6.07) is 12.6. The number of fused-ring (bicyclic) bond motifs is 1. The van der Waals surface area contributed by atoms with Crippen molar-refractivity contribution in [3.8, 4) is 11.3 Å². The van der Waals surface area contributed by atoms with E-state index in [1.165, 1.54) is 30.5 Å². The number of benzene rings is 3. The summed E-state index contributed by atoms with van der Waals surface area (Å²) in [5.74, 6) is -5.01. The average molecular weight is 500 g/mol. The van der Waals surface area contributed by atoms with E-state index in [9.17, 15) is 36.6 Å². The van der Waals surface area contributed by atoms with Gasteiger partial charge in [0.25, 0.3) is 5.91 Å². The summed E-state index contributed by atoms with van der Waals surface area (Å²) >= 11 is 0. The summed E-state index contributed by atoms with van der Waals surface area (Å²) in [7, 11) is 0. The van der Waals surface area contributed by atoms with Gasteiger partial charge in [0.2, 0.25) is 0 Å². The van der Waals surface area contributed by atoms with Gasteiger partial charge in [-0.05, 0) is 40.6 Å². The molecule has 0 fully saturated rings. The molecule has 184 valence electrons. The third-order valence-corrected chi connectivity index (χ3v) is 5.60. The van der Waals surface area contributed by atoms with E-state index >= 15 is 0 Å². The number of hydrogen-bond donors (Lipinski definition) is 2. The van der Waals surface area contributed by atoms with Crippen LogP contribution in [0.15, 0.2) is 72.9 Å². The molecule has 2 N–H and O–H groups in total. The Bertz CT molecular complexity index is 1450. The first-order chi connectivity index (χ1) is 17.1. The Balaban J connectivity index is 1.73. The van der Waals surface area contributed by atoms with Crippen LogP contribution in [0.1, 0.15) is 21.5 Å². The molecule has 1 heterocycles. The maximum absolute atomic E-state index is 14.0. The van der Waals surface area contributed by atoms with E-state index in [-0.39, 0.29) is 17.7 Å². The molecular formula is C26H17F5N2O3. The molecule has 5 nitrogen and oxygen atoms in total. The van der Waals surface area contributed by atoms with Crippen molar-refractivity contribution in [1.82, 2.24) is 10.3 Å². The van der Waals surface area contributed by atoms with E-state index in [0.29, 0.717) is 16.3 Å². The second-order valence-electron chi connectivity index (χ2n) is 7.88. The molecule has 0 bridgehead atoms. The first-order valence-corrected chi connectivity index (χ1v) is 10.6. The number of carboxylic acid groups (broad SMARTS) is 1. The van der Waals surface area contributed by atoms with Gasteiger partial charge < -0.3 is 10.4 Å². The zero-order chi connectivity index (χ0) is 26.0. The average Bonchev–Trinajstić information content (AvgIpc) is 2.82. The fourth-order valence-electron chi connectivity index (χ4n) is 3.97. The number of amides is 1. The minimum absolute atomic E-state index is 0.187. The third-order valence-electron chi connectivity index (χ3n) is 5.60. The zero-order valence-electron chi connectivity index (χ0n) is 18.3. The minimum Gasteiger partial charge on any atom is -0.480 e. The molecule has 0 aliphatic carbocycles. The van der Waals surface area contributed by atoms with Crippen LogP contribution in [0.5, 0.6) is 0 Å². The Labute approximate surface area is 201 Å². The molecular weight excluding hydrogens is 483 g/mol. The predicted molar refractivity (Wildman–Crippen MR) is 121 cm³/mol. The van der Waals surface area contributed by atoms with Crippen molar-refractivity contribution in [2.45, 2.75) is 18.6 Å². The highest BCUT2D eigenvalue weighted by molar-refractivity contribution is 5.99. The van der Waals surface area contributed by atoms with Gasteiger partial charge in [0, 0.05) is 18.2 Å². The lowest BCUT2D eigenvalue weighted by Crippen LogP contribution is -2.43. The van der Waals surface area contributed by atoms with Gasteiger partial charge in [-0.1, -0.05) is 42.5 Å². The summed E-state index contributed by atoms with van der Waals surface area (Å²) < 4.78 is 68.7. The summed E-state index contributed by atoms with van der Waals surface area (Å²) in [5.41, 5.74) is -1.55. The molecule has 3 aromatic carbocycles. The minimum atomic E-state index is -4.65. The number of halogens is 5. The smallest absolute Gasteiger partial charge is 0.418 e.